The standard InChI is InChI=1S/C9H13NO/c1-7(6-11)8-2-4-9(10)5-3-8/h2-5,7,11H,6,10H2,1H3. The Balaban J connectivity index is 2.81. The molecule has 0 aliphatic heterocycles. The molecule has 0 heterocycles. The molecule has 0 radical (unpaired) electrons. The summed E-state index contributed by atoms with van der Waals surface area (Å²) in [5.41, 5.74) is 7.40. The maximum Gasteiger partial charge on any atom is 0.0497 e. The number of nitrogens with two attached hydrogens (primary N) is 1. The second-order valence-corrected chi connectivity index (χ2v) is 2.75. The molecule has 1 aromatic rings. The van der Waals surface area contributed by atoms with Gasteiger partial charge in [0, 0.05) is 18.2 Å². The lowest BCUT2D eigenvalue weighted by Gasteiger charge is -2.07. The third kappa shape index (κ3) is 1.95. The van der Waals surface area contributed by atoms with E-state index in [-0.39, 0.29) is 12.5 Å². The SMILES string of the molecule is CC(CO)c1ccc(N)cc1. The lowest BCUT2D eigenvalue weighted by molar-refractivity contribution is 0.273. The fourth-order valence-corrected chi connectivity index (χ4v) is 0.930. The van der Waals surface area contributed by atoms with Crippen LogP contribution in [0, 0.1) is 0 Å². The molecule has 0 saturated heterocycles. The van der Waals surface area contributed by atoms with Crippen molar-refractivity contribution in [2.75, 3.05) is 12.3 Å². The van der Waals surface area contributed by atoms with Crippen LogP contribution in [-0.4, -0.2) is 11.7 Å². The Labute approximate surface area is 66.7 Å². The van der Waals surface area contributed by atoms with Crippen molar-refractivity contribution in [1.82, 2.24) is 0 Å². The Bertz CT molecular complexity index is 218. The summed E-state index contributed by atoms with van der Waals surface area (Å²) in [6.07, 6.45) is 0. The summed E-state index contributed by atoms with van der Waals surface area (Å²) in [6, 6.07) is 7.58. The number of aliphatic hydroxyl groups excluding tert-OH is 1. The zero-order chi connectivity index (χ0) is 8.27. The quantitative estimate of drug-likeness (QED) is 0.627. The molecule has 3 N–H and O–H groups in total. The van der Waals surface area contributed by atoms with Gasteiger partial charge >= 0.3 is 0 Å². The number of benzene rings is 1. The number of nitrogen functional groups attached to an aromatic ring is 1. The summed E-state index contributed by atoms with van der Waals surface area (Å²) < 4.78 is 0. The third-order valence-electron chi connectivity index (χ3n) is 1.78. The number of hydrogen-bond acceptors (Lipinski definition) is 2. The van der Waals surface area contributed by atoms with Crippen molar-refractivity contribution in [2.45, 2.75) is 12.8 Å². The van der Waals surface area contributed by atoms with Crippen molar-refractivity contribution in [3.05, 3.63) is 29.8 Å². The van der Waals surface area contributed by atoms with Gasteiger partial charge < -0.3 is 10.8 Å². The Morgan fingerprint density at radius 2 is 1.91 bits per heavy atom. The molecule has 0 amide bonds. The van der Waals surface area contributed by atoms with E-state index in [1.165, 1.54) is 0 Å². The largest absolute Gasteiger partial charge is 0.399 e. The highest BCUT2D eigenvalue weighted by molar-refractivity contribution is 5.40. The maximum absolute atomic E-state index is 8.83. The van der Waals surface area contributed by atoms with Crippen molar-refractivity contribution in [2.24, 2.45) is 0 Å². The van der Waals surface area contributed by atoms with Gasteiger partial charge in [0.05, 0.1) is 0 Å². The Morgan fingerprint density at radius 3 is 2.36 bits per heavy atom. The van der Waals surface area contributed by atoms with Gasteiger partial charge in [0.25, 0.3) is 0 Å². The lowest BCUT2D eigenvalue weighted by Crippen LogP contribution is -1.98. The highest BCUT2D eigenvalue weighted by Crippen LogP contribution is 2.15. The molecular formula is C9H13NO. The number of aliphatic hydroxyl groups is 1. The number of hydrogen-bond donors (Lipinski definition) is 2. The fourth-order valence-electron chi connectivity index (χ4n) is 0.930. The van der Waals surface area contributed by atoms with Gasteiger partial charge in [-0.15, -0.1) is 0 Å². The maximum atomic E-state index is 8.83. The van der Waals surface area contributed by atoms with Gasteiger partial charge in [-0.3, -0.25) is 0 Å². The second-order valence-electron chi connectivity index (χ2n) is 2.75. The fraction of sp³-hybridized carbons (Fsp3) is 0.333. The zero-order valence-corrected chi connectivity index (χ0v) is 6.62. The van der Waals surface area contributed by atoms with Crippen LogP contribution in [0.4, 0.5) is 5.69 Å². The van der Waals surface area contributed by atoms with Crippen LogP contribution in [0.2, 0.25) is 0 Å². The molecule has 0 aliphatic carbocycles. The number of anilines is 1. The molecule has 60 valence electrons. The minimum absolute atomic E-state index is 0.184. The first-order valence-corrected chi connectivity index (χ1v) is 3.70. The van der Waals surface area contributed by atoms with E-state index < -0.39 is 0 Å². The molecule has 1 aromatic carbocycles. The van der Waals surface area contributed by atoms with Gasteiger partial charge in [0.2, 0.25) is 0 Å². The van der Waals surface area contributed by atoms with E-state index in [1.807, 2.05) is 31.2 Å². The van der Waals surface area contributed by atoms with Crippen molar-refractivity contribution in [3.8, 4) is 0 Å². The van der Waals surface area contributed by atoms with Crippen LogP contribution in [-0.2, 0) is 0 Å². The molecule has 2 heteroatoms. The first kappa shape index (κ1) is 8.08. The van der Waals surface area contributed by atoms with Crippen LogP contribution in [0.25, 0.3) is 0 Å². The highest BCUT2D eigenvalue weighted by Gasteiger charge is 2.01. The van der Waals surface area contributed by atoms with Crippen LogP contribution < -0.4 is 5.73 Å². The normalized spacial score (nSPS) is 12.9. The predicted octanol–water partition coefficient (Wildman–Crippen LogP) is 1.36. The van der Waals surface area contributed by atoms with Crippen LogP contribution in [0.1, 0.15) is 18.4 Å². The molecule has 1 unspecified atom stereocenters. The van der Waals surface area contributed by atoms with Crippen LogP contribution in [0.5, 0.6) is 0 Å². The Morgan fingerprint density at radius 1 is 1.36 bits per heavy atom. The van der Waals surface area contributed by atoms with Crippen LogP contribution in [0.15, 0.2) is 24.3 Å². The van der Waals surface area contributed by atoms with Crippen molar-refractivity contribution in [3.63, 3.8) is 0 Å². The van der Waals surface area contributed by atoms with Gasteiger partial charge in [-0.05, 0) is 17.7 Å². The van der Waals surface area contributed by atoms with E-state index >= 15 is 0 Å². The van der Waals surface area contributed by atoms with Gasteiger partial charge in [-0.2, -0.15) is 0 Å². The Kier molecular flexibility index (Phi) is 2.49. The van der Waals surface area contributed by atoms with Gasteiger partial charge in [-0.25, -0.2) is 0 Å². The first-order chi connectivity index (χ1) is 5.24. The zero-order valence-electron chi connectivity index (χ0n) is 6.62. The summed E-state index contributed by atoms with van der Waals surface area (Å²) in [6.45, 7) is 2.16. The monoisotopic (exact) mass is 151 g/mol. The molecule has 0 bridgehead atoms. The molecule has 0 fully saturated rings. The van der Waals surface area contributed by atoms with E-state index in [0.717, 1.165) is 11.3 Å². The highest BCUT2D eigenvalue weighted by atomic mass is 16.3. The topological polar surface area (TPSA) is 46.2 Å². The molecule has 0 aliphatic rings. The minimum atomic E-state index is 0.184. The first-order valence-electron chi connectivity index (χ1n) is 3.70. The van der Waals surface area contributed by atoms with Gasteiger partial charge in [-0.1, -0.05) is 19.1 Å². The molecule has 11 heavy (non-hydrogen) atoms. The average molecular weight is 151 g/mol. The molecule has 2 nitrogen and oxygen atoms in total. The summed E-state index contributed by atoms with van der Waals surface area (Å²) >= 11 is 0. The van der Waals surface area contributed by atoms with E-state index in [0.29, 0.717) is 0 Å². The molecule has 0 saturated carbocycles. The summed E-state index contributed by atoms with van der Waals surface area (Å²) in [5.74, 6) is 0.204. The Hall–Kier alpha value is -1.02. The molecule has 0 spiro atoms. The summed E-state index contributed by atoms with van der Waals surface area (Å²) in [7, 11) is 0. The summed E-state index contributed by atoms with van der Waals surface area (Å²) in [4.78, 5) is 0. The molecular weight excluding hydrogens is 138 g/mol. The van der Waals surface area contributed by atoms with Crippen molar-refractivity contribution >= 4 is 5.69 Å². The molecule has 1 atom stereocenters. The van der Waals surface area contributed by atoms with E-state index in [2.05, 4.69) is 0 Å². The second kappa shape index (κ2) is 3.39. The third-order valence-corrected chi connectivity index (χ3v) is 1.78. The predicted molar refractivity (Wildman–Crippen MR) is 46.4 cm³/mol. The van der Waals surface area contributed by atoms with E-state index in [4.69, 9.17) is 10.8 Å². The van der Waals surface area contributed by atoms with E-state index in [9.17, 15) is 0 Å². The average Bonchev–Trinajstić information content (AvgIpc) is 2.05. The smallest absolute Gasteiger partial charge is 0.0497 e. The number of rotatable bonds is 2. The summed E-state index contributed by atoms with van der Waals surface area (Å²) in [5, 5.41) is 8.83. The van der Waals surface area contributed by atoms with Crippen molar-refractivity contribution in [1.29, 1.82) is 0 Å². The molecule has 0 aromatic heterocycles. The van der Waals surface area contributed by atoms with E-state index in [1.54, 1.807) is 0 Å². The van der Waals surface area contributed by atoms with Gasteiger partial charge in [0.1, 0.15) is 0 Å². The molecule has 1 rings (SSSR count). The minimum Gasteiger partial charge on any atom is -0.399 e. The lowest BCUT2D eigenvalue weighted by atomic mass is 10.0. The van der Waals surface area contributed by atoms with Crippen LogP contribution >= 0.6 is 0 Å². The van der Waals surface area contributed by atoms with Gasteiger partial charge in [0.15, 0.2) is 0 Å². The van der Waals surface area contributed by atoms with Crippen LogP contribution in [0.3, 0.4) is 0 Å². The van der Waals surface area contributed by atoms with Crippen molar-refractivity contribution < 1.29 is 5.11 Å².